The summed E-state index contributed by atoms with van der Waals surface area (Å²) < 4.78 is 0. The molecule has 4 rings (SSSR count). The van der Waals surface area contributed by atoms with Gasteiger partial charge in [0.15, 0.2) is 11.2 Å². The molecule has 0 saturated carbocycles. The molecule has 3 aliphatic heterocycles. The highest BCUT2D eigenvalue weighted by molar-refractivity contribution is 5.23. The van der Waals surface area contributed by atoms with Gasteiger partial charge in [-0.1, -0.05) is 6.08 Å². The summed E-state index contributed by atoms with van der Waals surface area (Å²) in [6.45, 7) is 0.254. The van der Waals surface area contributed by atoms with Crippen LogP contribution in [0.4, 0.5) is 0 Å². The summed E-state index contributed by atoms with van der Waals surface area (Å²) in [6.07, 6.45) is 3.95. The van der Waals surface area contributed by atoms with E-state index in [-0.39, 0.29) is 19.3 Å². The summed E-state index contributed by atoms with van der Waals surface area (Å²) in [5.74, 6) is 0. The Morgan fingerprint density at radius 1 is 1.36 bits per heavy atom. The topological polar surface area (TPSA) is 66.4 Å². The van der Waals surface area contributed by atoms with Crippen molar-refractivity contribution in [1.29, 1.82) is 0 Å². The maximum absolute atomic E-state index is 8.99. The van der Waals surface area contributed by atoms with E-state index in [0.29, 0.717) is 6.42 Å². The molecule has 6 heteroatoms. The minimum Gasteiger partial charge on any atom is -0.251 e. The average Bonchev–Trinajstić information content (AvgIpc) is 2.28. The number of rotatable bonds is 1. The van der Waals surface area contributed by atoms with Gasteiger partial charge in [0, 0.05) is 6.42 Å². The van der Waals surface area contributed by atoms with Gasteiger partial charge in [-0.05, 0) is 6.08 Å². The summed E-state index contributed by atoms with van der Waals surface area (Å²) in [5.41, 5.74) is -1.81. The molecule has 0 aromatic heterocycles. The third kappa shape index (κ3) is 0.902. The van der Waals surface area contributed by atoms with Crippen molar-refractivity contribution in [2.45, 2.75) is 23.7 Å². The molecular formula is C8H10O6. The van der Waals surface area contributed by atoms with Crippen LogP contribution in [0.5, 0.6) is 0 Å². The second kappa shape index (κ2) is 2.75. The lowest BCUT2D eigenvalue weighted by Crippen LogP contribution is -2.69. The maximum Gasteiger partial charge on any atom is 0.182 e. The second-order valence-electron chi connectivity index (χ2n) is 3.78. The van der Waals surface area contributed by atoms with E-state index in [0.717, 1.165) is 0 Å². The molecule has 4 aliphatic rings. The maximum atomic E-state index is 8.99. The van der Waals surface area contributed by atoms with Crippen LogP contribution in [0.3, 0.4) is 0 Å². The van der Waals surface area contributed by atoms with E-state index in [4.69, 9.17) is 24.8 Å². The van der Waals surface area contributed by atoms with Crippen molar-refractivity contribution in [3.63, 3.8) is 0 Å². The molecule has 0 aromatic rings. The van der Waals surface area contributed by atoms with Gasteiger partial charge in [-0.2, -0.15) is 0 Å². The number of hydrogen-bond acceptors (Lipinski definition) is 6. The first kappa shape index (κ1) is 8.78. The molecule has 1 aliphatic carbocycles. The van der Waals surface area contributed by atoms with Gasteiger partial charge in [0.1, 0.15) is 19.3 Å². The highest BCUT2D eigenvalue weighted by Crippen LogP contribution is 2.46. The van der Waals surface area contributed by atoms with E-state index >= 15 is 0 Å². The summed E-state index contributed by atoms with van der Waals surface area (Å²) in [6, 6.07) is 0. The predicted molar refractivity (Wildman–Crippen MR) is 40.8 cm³/mol. The summed E-state index contributed by atoms with van der Waals surface area (Å²) in [5, 5.41) is 8.99. The Morgan fingerprint density at radius 2 is 2.21 bits per heavy atom. The third-order valence-corrected chi connectivity index (χ3v) is 3.03. The van der Waals surface area contributed by atoms with Gasteiger partial charge in [0.25, 0.3) is 0 Å². The molecular weight excluding hydrogens is 192 g/mol. The molecule has 0 aromatic carbocycles. The van der Waals surface area contributed by atoms with Crippen LogP contribution in [-0.4, -0.2) is 35.8 Å². The van der Waals surface area contributed by atoms with E-state index in [9.17, 15) is 0 Å². The molecule has 1 spiro atoms. The van der Waals surface area contributed by atoms with Crippen LogP contribution in [0.15, 0.2) is 12.2 Å². The Bertz CT molecular complexity index is 279. The molecule has 0 amide bonds. The van der Waals surface area contributed by atoms with Crippen LogP contribution in [0.2, 0.25) is 0 Å². The standard InChI is InChI=1S/C8H10O6/c9-13-8-3-6-1-2-7(8,14-12-6)4-10-11-5-8/h1-2,6,9H,3-5H2/t6-,7-,8-/m0/s1. The Labute approximate surface area is 79.7 Å². The highest BCUT2D eigenvalue weighted by atomic mass is 17.3. The van der Waals surface area contributed by atoms with Crippen molar-refractivity contribution >= 4 is 0 Å². The first-order valence-electron chi connectivity index (χ1n) is 4.41. The van der Waals surface area contributed by atoms with Crippen molar-refractivity contribution < 1.29 is 29.7 Å². The zero-order valence-corrected chi connectivity index (χ0v) is 7.34. The van der Waals surface area contributed by atoms with Crippen LogP contribution < -0.4 is 0 Å². The van der Waals surface area contributed by atoms with E-state index in [1.54, 1.807) is 6.08 Å². The average molecular weight is 202 g/mol. The van der Waals surface area contributed by atoms with E-state index in [2.05, 4.69) is 4.89 Å². The van der Waals surface area contributed by atoms with Crippen LogP contribution in [0.25, 0.3) is 0 Å². The molecule has 0 unspecified atom stereocenters. The molecule has 14 heavy (non-hydrogen) atoms. The van der Waals surface area contributed by atoms with Crippen LogP contribution in [0.1, 0.15) is 6.42 Å². The molecule has 3 atom stereocenters. The van der Waals surface area contributed by atoms with E-state index < -0.39 is 11.2 Å². The molecule has 3 heterocycles. The molecule has 1 N–H and O–H groups in total. The van der Waals surface area contributed by atoms with Crippen molar-refractivity contribution in [1.82, 2.24) is 0 Å². The fourth-order valence-corrected chi connectivity index (χ4v) is 2.09. The summed E-state index contributed by atoms with van der Waals surface area (Å²) in [7, 11) is 0. The quantitative estimate of drug-likeness (QED) is 0.372. The zero-order valence-electron chi connectivity index (χ0n) is 7.34. The molecule has 78 valence electrons. The fraction of sp³-hybridized carbons (Fsp3) is 0.750. The lowest BCUT2D eigenvalue weighted by Gasteiger charge is -2.53. The van der Waals surface area contributed by atoms with Crippen molar-refractivity contribution in [2.24, 2.45) is 0 Å². The fourth-order valence-electron chi connectivity index (χ4n) is 2.09. The normalized spacial score (nSPS) is 50.5. The minimum atomic E-state index is -0.914. The summed E-state index contributed by atoms with van der Waals surface area (Å²) >= 11 is 0. The Kier molecular flexibility index (Phi) is 1.73. The highest BCUT2D eigenvalue weighted by Gasteiger charge is 2.63. The van der Waals surface area contributed by atoms with Gasteiger partial charge in [0.2, 0.25) is 0 Å². The predicted octanol–water partition coefficient (Wildman–Crippen LogP) is 0.206. The second-order valence-corrected chi connectivity index (χ2v) is 3.78. The van der Waals surface area contributed by atoms with Gasteiger partial charge in [-0.15, -0.1) is 0 Å². The molecule has 2 bridgehead atoms. The van der Waals surface area contributed by atoms with Gasteiger partial charge in [-0.25, -0.2) is 24.4 Å². The van der Waals surface area contributed by atoms with Crippen molar-refractivity contribution in [2.75, 3.05) is 13.2 Å². The summed E-state index contributed by atoms with van der Waals surface area (Å²) in [4.78, 5) is 24.4. The Morgan fingerprint density at radius 3 is 2.86 bits per heavy atom. The lowest BCUT2D eigenvalue weighted by molar-refractivity contribution is -0.530. The van der Waals surface area contributed by atoms with Crippen LogP contribution in [0, 0.1) is 0 Å². The van der Waals surface area contributed by atoms with Crippen LogP contribution in [-0.2, 0) is 24.4 Å². The largest absolute Gasteiger partial charge is 0.251 e. The van der Waals surface area contributed by atoms with Gasteiger partial charge >= 0.3 is 0 Å². The first-order chi connectivity index (χ1) is 6.80. The molecule has 6 nitrogen and oxygen atoms in total. The number of fused-ring (bicyclic) bond motifs is 1. The molecule has 0 radical (unpaired) electrons. The van der Waals surface area contributed by atoms with Crippen LogP contribution >= 0.6 is 0 Å². The Hall–Kier alpha value is -0.500. The first-order valence-corrected chi connectivity index (χ1v) is 4.41. The van der Waals surface area contributed by atoms with Gasteiger partial charge in [0.05, 0.1) is 0 Å². The number of hydrogen-bond donors (Lipinski definition) is 1. The Balaban J connectivity index is 2.04. The third-order valence-electron chi connectivity index (χ3n) is 3.03. The SMILES string of the molecule is OO[C@@]12COOC[C@@]13C=C[C@@H](C2)OO3. The monoisotopic (exact) mass is 202 g/mol. The molecule has 2 saturated heterocycles. The zero-order chi connectivity index (χ0) is 9.65. The van der Waals surface area contributed by atoms with Gasteiger partial charge in [-0.3, -0.25) is 5.26 Å². The van der Waals surface area contributed by atoms with Crippen molar-refractivity contribution in [3.05, 3.63) is 12.2 Å². The van der Waals surface area contributed by atoms with Crippen molar-refractivity contribution in [3.8, 4) is 0 Å². The van der Waals surface area contributed by atoms with E-state index in [1.807, 2.05) is 6.08 Å². The minimum absolute atomic E-state index is 0.119. The van der Waals surface area contributed by atoms with Gasteiger partial charge < -0.3 is 0 Å². The smallest absolute Gasteiger partial charge is 0.182 e. The lowest BCUT2D eigenvalue weighted by atomic mass is 9.74. The van der Waals surface area contributed by atoms with E-state index in [1.165, 1.54) is 0 Å². The molecule has 2 fully saturated rings.